The van der Waals surface area contributed by atoms with Gasteiger partial charge in [-0.15, -0.1) is 11.3 Å². The maximum Gasteiger partial charge on any atom is 0.234 e. The molecule has 0 saturated heterocycles. The largest absolute Gasteiger partial charge is 0.454 e. The fourth-order valence-corrected chi connectivity index (χ4v) is 3.34. The molecule has 1 aliphatic heterocycles. The molecule has 0 saturated carbocycles. The Morgan fingerprint density at radius 3 is 2.90 bits per heavy atom. The first-order valence-corrected chi connectivity index (χ1v) is 8.65. The molecule has 1 aromatic heterocycles. The summed E-state index contributed by atoms with van der Waals surface area (Å²) < 4.78 is 36.7. The smallest absolute Gasteiger partial charge is 0.234 e. The average Bonchev–Trinajstić information content (AvgIpc) is 3.13. The van der Waals surface area contributed by atoms with Crippen LogP contribution in [0.1, 0.15) is 10.4 Å². The second kappa shape index (κ2) is 5.88. The molecule has 0 spiro atoms. The second-order valence-corrected chi connectivity index (χ2v) is 7.04. The Balaban J connectivity index is 1.67. The molecular weight excluding hydrogens is 310 g/mol. The first kappa shape index (κ1) is 14.1. The lowest BCUT2D eigenvalue weighted by Crippen LogP contribution is -2.19. The molecule has 0 atom stereocenters. The molecule has 0 amide bonds. The van der Waals surface area contributed by atoms with E-state index >= 15 is 0 Å². The van der Waals surface area contributed by atoms with Crippen molar-refractivity contribution in [2.24, 2.45) is 0 Å². The number of hydrogen-bond donors (Lipinski definition) is 1. The first-order chi connectivity index (χ1) is 10.1. The molecule has 0 aliphatic carbocycles. The highest BCUT2D eigenvalue weighted by Gasteiger charge is 2.12. The number of sulfonamides is 1. The van der Waals surface area contributed by atoms with Crippen molar-refractivity contribution in [1.82, 2.24) is 4.72 Å². The summed E-state index contributed by atoms with van der Waals surface area (Å²) in [5.41, 5.74) is 0.737. The summed E-state index contributed by atoms with van der Waals surface area (Å²) >= 11 is 1.51. The molecule has 1 N–H and O–H groups in total. The van der Waals surface area contributed by atoms with Crippen LogP contribution in [0, 0.1) is 0 Å². The normalized spacial score (nSPS) is 13.9. The maximum absolute atomic E-state index is 11.9. The number of benzene rings is 1. The van der Waals surface area contributed by atoms with Crippen LogP contribution in [0.3, 0.4) is 0 Å². The predicted molar refractivity (Wildman–Crippen MR) is 81.7 cm³/mol. The number of rotatable bonds is 5. The summed E-state index contributed by atoms with van der Waals surface area (Å²) in [5, 5.41) is 3.06. The van der Waals surface area contributed by atoms with Crippen molar-refractivity contribution >= 4 is 27.4 Å². The summed E-state index contributed by atoms with van der Waals surface area (Å²) in [7, 11) is -3.47. The van der Waals surface area contributed by atoms with Gasteiger partial charge in [-0.3, -0.25) is 0 Å². The molecular formula is C14H13NO4S2. The van der Waals surface area contributed by atoms with Crippen molar-refractivity contribution < 1.29 is 17.9 Å². The maximum atomic E-state index is 11.9. The molecule has 2 heterocycles. The van der Waals surface area contributed by atoms with Gasteiger partial charge in [-0.2, -0.15) is 0 Å². The third kappa shape index (κ3) is 3.63. The van der Waals surface area contributed by atoms with Gasteiger partial charge < -0.3 is 9.47 Å². The zero-order valence-electron chi connectivity index (χ0n) is 11.0. The van der Waals surface area contributed by atoms with E-state index in [0.29, 0.717) is 18.0 Å². The van der Waals surface area contributed by atoms with Gasteiger partial charge in [0.05, 0.1) is 0 Å². The minimum absolute atomic E-state index is 0.198. The van der Waals surface area contributed by atoms with Crippen LogP contribution in [0.25, 0.3) is 6.08 Å². The molecule has 3 rings (SSSR count). The predicted octanol–water partition coefficient (Wildman–Crippen LogP) is 2.57. The SMILES string of the molecule is O=S(=O)(C=Cc1ccc2c(c1)OCO2)NCc1cccs1. The van der Waals surface area contributed by atoms with Crippen molar-refractivity contribution in [3.63, 3.8) is 0 Å². The Kier molecular flexibility index (Phi) is 3.96. The summed E-state index contributed by atoms with van der Waals surface area (Å²) in [6.07, 6.45) is 1.53. The number of hydrogen-bond acceptors (Lipinski definition) is 5. The van der Waals surface area contributed by atoms with Gasteiger partial charge in [0.1, 0.15) is 0 Å². The van der Waals surface area contributed by atoms with Crippen molar-refractivity contribution in [3.8, 4) is 11.5 Å². The highest BCUT2D eigenvalue weighted by Crippen LogP contribution is 2.32. The van der Waals surface area contributed by atoms with Crippen molar-refractivity contribution in [1.29, 1.82) is 0 Å². The topological polar surface area (TPSA) is 64.6 Å². The number of nitrogens with one attached hydrogen (secondary N) is 1. The highest BCUT2D eigenvalue weighted by atomic mass is 32.2. The Morgan fingerprint density at radius 2 is 2.10 bits per heavy atom. The molecule has 5 nitrogen and oxygen atoms in total. The van der Waals surface area contributed by atoms with E-state index in [1.807, 2.05) is 17.5 Å². The quantitative estimate of drug-likeness (QED) is 0.918. The Morgan fingerprint density at radius 1 is 1.24 bits per heavy atom. The molecule has 21 heavy (non-hydrogen) atoms. The van der Waals surface area contributed by atoms with Crippen LogP contribution in [0.5, 0.6) is 11.5 Å². The summed E-state index contributed by atoms with van der Waals surface area (Å²) in [5.74, 6) is 1.30. The van der Waals surface area contributed by atoms with E-state index in [-0.39, 0.29) is 6.79 Å². The lowest BCUT2D eigenvalue weighted by Gasteiger charge is -2.01. The minimum atomic E-state index is -3.47. The fraction of sp³-hybridized carbons (Fsp3) is 0.143. The Labute approximate surface area is 126 Å². The van der Waals surface area contributed by atoms with Crippen LogP contribution < -0.4 is 14.2 Å². The Bertz CT molecular complexity index is 751. The zero-order valence-corrected chi connectivity index (χ0v) is 12.6. The van der Waals surface area contributed by atoms with Gasteiger partial charge in [-0.05, 0) is 35.2 Å². The van der Waals surface area contributed by atoms with E-state index in [4.69, 9.17) is 9.47 Å². The van der Waals surface area contributed by atoms with Crippen LogP contribution in [-0.2, 0) is 16.6 Å². The lowest BCUT2D eigenvalue weighted by atomic mass is 10.2. The summed E-state index contributed by atoms with van der Waals surface area (Å²) in [4.78, 5) is 0.968. The van der Waals surface area contributed by atoms with E-state index in [9.17, 15) is 8.42 Å². The van der Waals surface area contributed by atoms with Gasteiger partial charge in [-0.25, -0.2) is 13.1 Å². The molecule has 2 aromatic rings. The Hall–Kier alpha value is -1.83. The summed E-state index contributed by atoms with van der Waals surface area (Å²) in [6.45, 7) is 0.495. The molecule has 0 bridgehead atoms. The average molecular weight is 323 g/mol. The standard InChI is InChI=1S/C14H13NO4S2/c16-21(17,15-9-12-2-1-6-20-12)7-5-11-3-4-13-14(8-11)19-10-18-13/h1-8,15H,9-10H2. The van der Waals surface area contributed by atoms with Crippen molar-refractivity contribution in [2.45, 2.75) is 6.54 Å². The van der Waals surface area contributed by atoms with Crippen LogP contribution in [-0.4, -0.2) is 15.2 Å². The minimum Gasteiger partial charge on any atom is -0.454 e. The van der Waals surface area contributed by atoms with Gasteiger partial charge in [0.25, 0.3) is 0 Å². The molecule has 110 valence electrons. The van der Waals surface area contributed by atoms with Crippen molar-refractivity contribution in [2.75, 3.05) is 6.79 Å². The van der Waals surface area contributed by atoms with E-state index in [1.165, 1.54) is 17.4 Å². The number of thiophene rings is 1. The van der Waals surface area contributed by atoms with Crippen LogP contribution in [0.15, 0.2) is 41.1 Å². The zero-order chi connectivity index (χ0) is 14.7. The molecule has 7 heteroatoms. The third-order valence-electron chi connectivity index (χ3n) is 2.86. The van der Waals surface area contributed by atoms with E-state index < -0.39 is 10.0 Å². The van der Waals surface area contributed by atoms with Crippen LogP contribution >= 0.6 is 11.3 Å². The molecule has 0 unspecified atom stereocenters. The van der Waals surface area contributed by atoms with E-state index in [2.05, 4.69) is 4.72 Å². The monoisotopic (exact) mass is 323 g/mol. The van der Waals surface area contributed by atoms with Crippen LogP contribution in [0.4, 0.5) is 0 Å². The van der Waals surface area contributed by atoms with E-state index in [1.54, 1.807) is 18.2 Å². The number of ether oxygens (including phenoxy) is 2. The first-order valence-electron chi connectivity index (χ1n) is 6.22. The molecule has 0 fully saturated rings. The fourth-order valence-electron chi connectivity index (χ4n) is 1.82. The third-order valence-corrected chi connectivity index (χ3v) is 4.78. The van der Waals surface area contributed by atoms with Gasteiger partial charge >= 0.3 is 0 Å². The van der Waals surface area contributed by atoms with Crippen molar-refractivity contribution in [3.05, 3.63) is 51.6 Å². The van der Waals surface area contributed by atoms with E-state index in [0.717, 1.165) is 15.8 Å². The van der Waals surface area contributed by atoms with Gasteiger partial charge in [0, 0.05) is 16.8 Å². The van der Waals surface area contributed by atoms with Crippen LogP contribution in [0.2, 0.25) is 0 Å². The molecule has 1 aliphatic rings. The lowest BCUT2D eigenvalue weighted by molar-refractivity contribution is 0.174. The summed E-state index contributed by atoms with van der Waals surface area (Å²) in [6, 6.07) is 9.05. The highest BCUT2D eigenvalue weighted by molar-refractivity contribution is 7.92. The second-order valence-electron chi connectivity index (χ2n) is 4.36. The van der Waals surface area contributed by atoms with Gasteiger partial charge in [-0.1, -0.05) is 12.1 Å². The van der Waals surface area contributed by atoms with Gasteiger partial charge in [0.2, 0.25) is 16.8 Å². The molecule has 1 aromatic carbocycles. The molecule has 0 radical (unpaired) electrons. The number of fused-ring (bicyclic) bond motifs is 1. The van der Waals surface area contributed by atoms with Gasteiger partial charge in [0.15, 0.2) is 11.5 Å².